The van der Waals surface area contributed by atoms with E-state index in [2.05, 4.69) is 0 Å². The van der Waals surface area contributed by atoms with Crippen LogP contribution in [0.4, 0.5) is 0 Å². The van der Waals surface area contributed by atoms with Gasteiger partial charge in [-0.1, -0.05) is 30.3 Å². The molecule has 0 aliphatic rings. The molecule has 2 rings (SSSR count). The number of esters is 2. The van der Waals surface area contributed by atoms with Gasteiger partial charge < -0.3 is 23.7 Å². The minimum absolute atomic E-state index is 0.143. The summed E-state index contributed by atoms with van der Waals surface area (Å²) in [7, 11) is 5.56. The quantitative estimate of drug-likeness (QED) is 0.702. The van der Waals surface area contributed by atoms with E-state index < -0.39 is 18.0 Å². The molecule has 0 heterocycles. The van der Waals surface area contributed by atoms with E-state index in [1.807, 2.05) is 0 Å². The third kappa shape index (κ3) is 4.05. The zero-order valence-electron chi connectivity index (χ0n) is 15.0. The van der Waals surface area contributed by atoms with Crippen LogP contribution in [0.3, 0.4) is 0 Å². The van der Waals surface area contributed by atoms with Crippen LogP contribution in [0.25, 0.3) is 0 Å². The van der Waals surface area contributed by atoms with Crippen LogP contribution in [-0.2, 0) is 14.3 Å². The topological polar surface area (TPSA) is 80.3 Å². The molecule has 0 amide bonds. The van der Waals surface area contributed by atoms with Crippen molar-refractivity contribution in [3.8, 4) is 17.2 Å². The fraction of sp³-hybridized carbons (Fsp3) is 0.263. The molecule has 0 aliphatic carbocycles. The lowest BCUT2D eigenvalue weighted by molar-refractivity contribution is -0.151. The second-order valence-corrected chi connectivity index (χ2v) is 5.13. The average Bonchev–Trinajstić information content (AvgIpc) is 2.70. The number of hydrogen-bond donors (Lipinski definition) is 0. The van der Waals surface area contributed by atoms with Gasteiger partial charge in [-0.25, -0.2) is 9.59 Å². The van der Waals surface area contributed by atoms with Crippen molar-refractivity contribution >= 4 is 11.9 Å². The molecule has 2 aromatic rings. The lowest BCUT2D eigenvalue weighted by Gasteiger charge is -2.17. The van der Waals surface area contributed by atoms with Gasteiger partial charge >= 0.3 is 11.9 Å². The lowest BCUT2D eigenvalue weighted by Crippen LogP contribution is -2.21. The van der Waals surface area contributed by atoms with Crippen molar-refractivity contribution in [1.29, 1.82) is 0 Å². The van der Waals surface area contributed by atoms with Crippen LogP contribution in [-0.4, -0.2) is 40.4 Å². The summed E-state index contributed by atoms with van der Waals surface area (Å²) in [5, 5.41) is 0. The summed E-state index contributed by atoms with van der Waals surface area (Å²) >= 11 is 0. The molecule has 0 fully saturated rings. The van der Waals surface area contributed by atoms with E-state index in [4.69, 9.17) is 23.7 Å². The van der Waals surface area contributed by atoms with Crippen LogP contribution in [0.1, 0.15) is 22.0 Å². The number of carbonyl (C=O) groups is 2. The minimum atomic E-state index is -1.19. The molecule has 0 saturated carbocycles. The molecule has 0 saturated heterocycles. The predicted molar refractivity (Wildman–Crippen MR) is 92.7 cm³/mol. The SMILES string of the molecule is COC(=O)C(OC(=O)c1cc(OC)c(OC)c(OC)c1)c1ccccc1. The Balaban J connectivity index is 2.36. The highest BCUT2D eigenvalue weighted by Crippen LogP contribution is 2.38. The van der Waals surface area contributed by atoms with E-state index in [9.17, 15) is 9.59 Å². The standard InChI is InChI=1S/C19H20O7/c1-22-14-10-13(11-15(23-2)17(14)24-3)18(20)26-16(19(21)25-4)12-8-6-5-7-9-12/h5-11,16H,1-4H3. The highest BCUT2D eigenvalue weighted by molar-refractivity contribution is 5.93. The molecule has 7 heteroatoms. The number of rotatable bonds is 7. The summed E-state index contributed by atoms with van der Waals surface area (Å²) < 4.78 is 25.8. The molecule has 1 atom stereocenters. The maximum absolute atomic E-state index is 12.6. The largest absolute Gasteiger partial charge is 0.493 e. The van der Waals surface area contributed by atoms with E-state index in [1.54, 1.807) is 30.3 Å². The van der Waals surface area contributed by atoms with Crippen molar-refractivity contribution in [3.05, 3.63) is 53.6 Å². The van der Waals surface area contributed by atoms with Crippen LogP contribution in [0, 0.1) is 0 Å². The van der Waals surface area contributed by atoms with Gasteiger partial charge in [0.25, 0.3) is 0 Å². The van der Waals surface area contributed by atoms with Gasteiger partial charge in [-0.2, -0.15) is 0 Å². The highest BCUT2D eigenvalue weighted by Gasteiger charge is 2.27. The van der Waals surface area contributed by atoms with E-state index in [1.165, 1.54) is 40.6 Å². The first kappa shape index (κ1) is 19.1. The summed E-state index contributed by atoms with van der Waals surface area (Å²) in [6.45, 7) is 0. The Morgan fingerprint density at radius 3 is 1.88 bits per heavy atom. The molecular formula is C19H20O7. The lowest BCUT2D eigenvalue weighted by atomic mass is 10.1. The van der Waals surface area contributed by atoms with Crippen LogP contribution in [0.5, 0.6) is 17.2 Å². The summed E-state index contributed by atoms with van der Waals surface area (Å²) in [6, 6.07) is 11.5. The van der Waals surface area contributed by atoms with Crippen LogP contribution >= 0.6 is 0 Å². The van der Waals surface area contributed by atoms with Crippen molar-refractivity contribution in [2.45, 2.75) is 6.10 Å². The zero-order chi connectivity index (χ0) is 19.1. The van der Waals surface area contributed by atoms with Gasteiger partial charge in [0.15, 0.2) is 11.5 Å². The fourth-order valence-corrected chi connectivity index (χ4v) is 2.36. The monoisotopic (exact) mass is 360 g/mol. The number of methoxy groups -OCH3 is 4. The first-order chi connectivity index (χ1) is 12.5. The minimum Gasteiger partial charge on any atom is -0.493 e. The van der Waals surface area contributed by atoms with Gasteiger partial charge in [0, 0.05) is 5.56 Å². The summed E-state index contributed by atoms with van der Waals surface area (Å²) in [5.74, 6) is -0.471. The van der Waals surface area contributed by atoms with E-state index >= 15 is 0 Å². The van der Waals surface area contributed by atoms with Crippen molar-refractivity contribution in [2.24, 2.45) is 0 Å². The first-order valence-electron chi connectivity index (χ1n) is 7.69. The Morgan fingerprint density at radius 2 is 1.42 bits per heavy atom. The van der Waals surface area contributed by atoms with Crippen molar-refractivity contribution in [2.75, 3.05) is 28.4 Å². The van der Waals surface area contributed by atoms with Gasteiger partial charge in [-0.3, -0.25) is 0 Å². The molecule has 0 aromatic heterocycles. The third-order valence-corrected chi connectivity index (χ3v) is 3.64. The molecule has 0 radical (unpaired) electrons. The van der Waals surface area contributed by atoms with Crippen molar-refractivity contribution < 1.29 is 33.3 Å². The van der Waals surface area contributed by atoms with Crippen LogP contribution in [0.2, 0.25) is 0 Å². The molecule has 1 unspecified atom stereocenters. The molecule has 0 aliphatic heterocycles. The van der Waals surface area contributed by atoms with Gasteiger partial charge in [-0.15, -0.1) is 0 Å². The van der Waals surface area contributed by atoms with E-state index in [0.717, 1.165) is 0 Å². The maximum atomic E-state index is 12.6. The second kappa shape index (κ2) is 8.75. The first-order valence-corrected chi connectivity index (χ1v) is 7.69. The second-order valence-electron chi connectivity index (χ2n) is 5.13. The molecule has 2 aromatic carbocycles. The molecule has 0 spiro atoms. The Bertz CT molecular complexity index is 746. The average molecular weight is 360 g/mol. The Labute approximate surface area is 151 Å². The molecule has 7 nitrogen and oxygen atoms in total. The van der Waals surface area contributed by atoms with Crippen LogP contribution in [0.15, 0.2) is 42.5 Å². The summed E-state index contributed by atoms with van der Waals surface area (Å²) in [6.07, 6.45) is -1.19. The predicted octanol–water partition coefficient (Wildman–Crippen LogP) is 2.78. The smallest absolute Gasteiger partial charge is 0.351 e. The number of hydrogen-bond acceptors (Lipinski definition) is 7. The summed E-state index contributed by atoms with van der Waals surface area (Å²) in [5.41, 5.74) is 0.643. The van der Waals surface area contributed by atoms with Gasteiger partial charge in [0.1, 0.15) is 0 Å². The van der Waals surface area contributed by atoms with Gasteiger partial charge in [0.05, 0.1) is 34.0 Å². The Hall–Kier alpha value is -3.22. The number of carbonyl (C=O) groups excluding carboxylic acids is 2. The molecule has 0 N–H and O–H groups in total. The molecular weight excluding hydrogens is 340 g/mol. The molecule has 0 bridgehead atoms. The Kier molecular flexibility index (Phi) is 6.43. The van der Waals surface area contributed by atoms with E-state index in [0.29, 0.717) is 22.8 Å². The van der Waals surface area contributed by atoms with Crippen molar-refractivity contribution in [3.63, 3.8) is 0 Å². The zero-order valence-corrected chi connectivity index (χ0v) is 15.0. The summed E-state index contributed by atoms with van der Waals surface area (Å²) in [4.78, 5) is 24.7. The Morgan fingerprint density at radius 1 is 0.846 bits per heavy atom. The maximum Gasteiger partial charge on any atom is 0.351 e. The van der Waals surface area contributed by atoms with E-state index in [-0.39, 0.29) is 5.56 Å². The normalized spacial score (nSPS) is 11.2. The third-order valence-electron chi connectivity index (χ3n) is 3.64. The number of benzene rings is 2. The fourth-order valence-electron chi connectivity index (χ4n) is 2.36. The van der Waals surface area contributed by atoms with Crippen LogP contribution < -0.4 is 14.2 Å². The highest BCUT2D eigenvalue weighted by atomic mass is 16.6. The van der Waals surface area contributed by atoms with Gasteiger partial charge in [-0.05, 0) is 12.1 Å². The number of ether oxygens (including phenoxy) is 5. The van der Waals surface area contributed by atoms with Crippen molar-refractivity contribution in [1.82, 2.24) is 0 Å². The molecule has 138 valence electrons. The molecule has 26 heavy (non-hydrogen) atoms. The van der Waals surface area contributed by atoms with Gasteiger partial charge in [0.2, 0.25) is 11.9 Å².